The third kappa shape index (κ3) is 2.77. The summed E-state index contributed by atoms with van der Waals surface area (Å²) in [5.74, 6) is 1.86. The molecule has 0 saturated carbocycles. The first-order valence-electron chi connectivity index (χ1n) is 8.51. The van der Waals surface area contributed by atoms with Crippen molar-refractivity contribution in [2.45, 2.75) is 0 Å². The van der Waals surface area contributed by atoms with Crippen LogP contribution in [0.1, 0.15) is 16.1 Å². The van der Waals surface area contributed by atoms with Gasteiger partial charge in [-0.15, -0.1) is 0 Å². The van der Waals surface area contributed by atoms with E-state index in [1.54, 1.807) is 33.6 Å². The van der Waals surface area contributed by atoms with Gasteiger partial charge in [-0.1, -0.05) is 6.07 Å². The van der Waals surface area contributed by atoms with Crippen LogP contribution in [0.5, 0.6) is 17.2 Å². The number of benzene rings is 3. The molecule has 3 aromatic carbocycles. The summed E-state index contributed by atoms with van der Waals surface area (Å²) in [7, 11) is 4.82. The number of ether oxygens (including phenoxy) is 3. The van der Waals surface area contributed by atoms with Gasteiger partial charge < -0.3 is 19.2 Å². The lowest BCUT2D eigenvalue weighted by molar-refractivity contribution is 0.103. The van der Waals surface area contributed by atoms with E-state index in [9.17, 15) is 4.79 Å². The van der Waals surface area contributed by atoms with Crippen molar-refractivity contribution in [3.8, 4) is 17.2 Å². The Morgan fingerprint density at radius 1 is 0.815 bits per heavy atom. The maximum absolute atomic E-state index is 13.1. The summed E-state index contributed by atoms with van der Waals surface area (Å²) in [6, 6.07) is 15.1. The summed E-state index contributed by atoms with van der Waals surface area (Å²) in [6.45, 7) is 0. The number of hydrogen-bond acceptors (Lipinski definition) is 4. The minimum atomic E-state index is -0.0741. The smallest absolute Gasteiger partial charge is 0.209 e. The molecular formula is C22H19NO4. The second-order valence-electron chi connectivity index (χ2n) is 6.18. The number of methoxy groups -OCH3 is 3. The zero-order valence-electron chi connectivity index (χ0n) is 15.3. The lowest BCUT2D eigenvalue weighted by atomic mass is 9.93. The molecule has 0 aliphatic rings. The molecule has 0 aliphatic heterocycles. The van der Waals surface area contributed by atoms with Crippen LogP contribution in [0.15, 0.2) is 54.7 Å². The van der Waals surface area contributed by atoms with Gasteiger partial charge in [-0.3, -0.25) is 4.79 Å². The molecule has 0 spiro atoms. The molecule has 1 aromatic heterocycles. The van der Waals surface area contributed by atoms with Crippen LogP contribution in [0.4, 0.5) is 0 Å². The highest BCUT2D eigenvalue weighted by Gasteiger charge is 2.18. The van der Waals surface area contributed by atoms with Gasteiger partial charge in [0.05, 0.1) is 27.0 Å². The first-order chi connectivity index (χ1) is 13.2. The van der Waals surface area contributed by atoms with Crippen molar-refractivity contribution in [1.82, 2.24) is 4.98 Å². The molecule has 5 nitrogen and oxygen atoms in total. The van der Waals surface area contributed by atoms with Gasteiger partial charge in [0.15, 0.2) is 11.5 Å². The number of rotatable bonds is 5. The predicted molar refractivity (Wildman–Crippen MR) is 105 cm³/mol. The second-order valence-corrected chi connectivity index (χ2v) is 6.18. The SMILES string of the molecule is COc1ccc2cc(C(=O)c3ccc[nH]3)c3cc(OC)c(OC)cc3c2c1. The van der Waals surface area contributed by atoms with Crippen molar-refractivity contribution in [1.29, 1.82) is 0 Å². The van der Waals surface area contributed by atoms with Gasteiger partial charge in [-0.05, 0) is 64.0 Å². The number of H-pyrrole nitrogens is 1. The molecule has 0 amide bonds. The largest absolute Gasteiger partial charge is 0.497 e. The first kappa shape index (κ1) is 17.0. The van der Waals surface area contributed by atoms with Gasteiger partial charge in [0, 0.05) is 11.8 Å². The van der Waals surface area contributed by atoms with E-state index in [-0.39, 0.29) is 5.78 Å². The maximum Gasteiger partial charge on any atom is 0.209 e. The first-order valence-corrected chi connectivity index (χ1v) is 8.51. The van der Waals surface area contributed by atoms with Crippen LogP contribution in [0.25, 0.3) is 21.5 Å². The fourth-order valence-corrected chi connectivity index (χ4v) is 3.38. The number of carbonyl (C=O) groups is 1. The Labute approximate surface area is 156 Å². The number of carbonyl (C=O) groups excluding carboxylic acids is 1. The van der Waals surface area contributed by atoms with E-state index in [0.717, 1.165) is 27.3 Å². The number of ketones is 1. The molecule has 0 radical (unpaired) electrons. The van der Waals surface area contributed by atoms with Crippen molar-refractivity contribution < 1.29 is 19.0 Å². The van der Waals surface area contributed by atoms with Crippen molar-refractivity contribution >= 4 is 27.3 Å². The molecular weight excluding hydrogens is 342 g/mol. The maximum atomic E-state index is 13.1. The molecule has 0 atom stereocenters. The molecule has 4 rings (SSSR count). The molecule has 1 heterocycles. The average Bonchev–Trinajstić information content (AvgIpc) is 3.26. The van der Waals surface area contributed by atoms with Crippen LogP contribution in [0.3, 0.4) is 0 Å². The summed E-state index contributed by atoms with van der Waals surface area (Å²) in [6.07, 6.45) is 1.74. The Morgan fingerprint density at radius 2 is 1.56 bits per heavy atom. The van der Waals surface area contributed by atoms with Gasteiger partial charge >= 0.3 is 0 Å². The van der Waals surface area contributed by atoms with Crippen molar-refractivity contribution in [3.63, 3.8) is 0 Å². The Balaban J connectivity index is 2.11. The minimum absolute atomic E-state index is 0.0741. The van der Waals surface area contributed by atoms with E-state index in [2.05, 4.69) is 4.98 Å². The zero-order valence-corrected chi connectivity index (χ0v) is 15.3. The number of nitrogens with one attached hydrogen (secondary N) is 1. The lowest BCUT2D eigenvalue weighted by Gasteiger charge is -2.14. The normalized spacial score (nSPS) is 10.9. The summed E-state index contributed by atoms with van der Waals surface area (Å²) in [5, 5.41) is 3.63. The summed E-state index contributed by atoms with van der Waals surface area (Å²) < 4.78 is 16.3. The quantitative estimate of drug-likeness (QED) is 0.418. The van der Waals surface area contributed by atoms with Gasteiger partial charge in [-0.25, -0.2) is 0 Å². The molecule has 0 aliphatic carbocycles. The molecule has 0 saturated heterocycles. The summed E-state index contributed by atoms with van der Waals surface area (Å²) in [5.41, 5.74) is 1.14. The van der Waals surface area contributed by atoms with Gasteiger partial charge in [-0.2, -0.15) is 0 Å². The van der Waals surface area contributed by atoms with Crippen LogP contribution in [0, 0.1) is 0 Å². The van der Waals surface area contributed by atoms with E-state index in [4.69, 9.17) is 14.2 Å². The minimum Gasteiger partial charge on any atom is -0.497 e. The Bertz CT molecular complexity index is 1150. The van der Waals surface area contributed by atoms with E-state index in [0.29, 0.717) is 22.8 Å². The molecule has 27 heavy (non-hydrogen) atoms. The fraction of sp³-hybridized carbons (Fsp3) is 0.136. The van der Waals surface area contributed by atoms with Crippen LogP contribution >= 0.6 is 0 Å². The third-order valence-corrected chi connectivity index (χ3v) is 4.75. The monoisotopic (exact) mass is 361 g/mol. The molecule has 0 bridgehead atoms. The third-order valence-electron chi connectivity index (χ3n) is 4.75. The molecule has 0 fully saturated rings. The van der Waals surface area contributed by atoms with Crippen molar-refractivity contribution in [2.75, 3.05) is 21.3 Å². The van der Waals surface area contributed by atoms with Crippen LogP contribution < -0.4 is 14.2 Å². The fourth-order valence-electron chi connectivity index (χ4n) is 3.38. The summed E-state index contributed by atoms with van der Waals surface area (Å²) in [4.78, 5) is 16.1. The predicted octanol–water partition coefficient (Wildman–Crippen LogP) is 4.58. The van der Waals surface area contributed by atoms with E-state index in [1.165, 1.54) is 0 Å². The zero-order chi connectivity index (χ0) is 19.0. The Morgan fingerprint density at radius 3 is 2.19 bits per heavy atom. The highest BCUT2D eigenvalue weighted by molar-refractivity contribution is 6.22. The number of hydrogen-bond donors (Lipinski definition) is 1. The van der Waals surface area contributed by atoms with Gasteiger partial charge in [0.2, 0.25) is 5.78 Å². The summed E-state index contributed by atoms with van der Waals surface area (Å²) >= 11 is 0. The average molecular weight is 361 g/mol. The van der Waals surface area contributed by atoms with Crippen molar-refractivity contribution in [3.05, 3.63) is 66.0 Å². The number of fused-ring (bicyclic) bond motifs is 3. The van der Waals surface area contributed by atoms with Crippen LogP contribution in [-0.2, 0) is 0 Å². The molecule has 0 unspecified atom stereocenters. The number of aromatic amines is 1. The van der Waals surface area contributed by atoms with E-state index < -0.39 is 0 Å². The topological polar surface area (TPSA) is 60.6 Å². The van der Waals surface area contributed by atoms with Gasteiger partial charge in [0.25, 0.3) is 0 Å². The molecule has 1 N–H and O–H groups in total. The van der Waals surface area contributed by atoms with Crippen LogP contribution in [0.2, 0.25) is 0 Å². The Hall–Kier alpha value is -3.47. The molecule has 4 aromatic rings. The van der Waals surface area contributed by atoms with Crippen LogP contribution in [-0.4, -0.2) is 32.1 Å². The Kier molecular flexibility index (Phi) is 4.20. The van der Waals surface area contributed by atoms with E-state index >= 15 is 0 Å². The van der Waals surface area contributed by atoms with E-state index in [1.807, 2.05) is 42.5 Å². The standard InChI is InChI=1S/C22H19NO4/c1-25-14-7-6-13-9-18(22(24)19-5-4-8-23-19)17-12-21(27-3)20(26-2)11-16(17)15(13)10-14/h4-12,23H,1-3H3. The lowest BCUT2D eigenvalue weighted by Crippen LogP contribution is -2.03. The van der Waals surface area contributed by atoms with Gasteiger partial charge in [0.1, 0.15) is 5.75 Å². The molecule has 5 heteroatoms. The number of aromatic nitrogens is 1. The second kappa shape index (κ2) is 6.68. The highest BCUT2D eigenvalue weighted by Crippen LogP contribution is 2.39. The highest BCUT2D eigenvalue weighted by atomic mass is 16.5. The van der Waals surface area contributed by atoms with Crippen molar-refractivity contribution in [2.24, 2.45) is 0 Å². The molecule has 136 valence electrons.